The number of hydrogen-bond acceptors (Lipinski definition) is 1. The molecule has 0 N–H and O–H groups in total. The minimum atomic E-state index is -1.13. The molecule has 0 aromatic heterocycles. The Kier molecular flexibility index (Phi) is 6.76. The molecular formula is C3H7KOSe. The fourth-order valence-corrected chi connectivity index (χ4v) is 4.81. The van der Waals surface area contributed by atoms with Crippen molar-refractivity contribution in [2.75, 3.05) is 0 Å². The average Bonchev–Trinajstić information content (AvgIpc) is 1.35. The van der Waals surface area contributed by atoms with Crippen LogP contribution >= 0.6 is 0 Å². The summed E-state index contributed by atoms with van der Waals surface area (Å²) in [4.78, 5) is 0. The summed E-state index contributed by atoms with van der Waals surface area (Å²) in [5, 5.41) is 1.03. The van der Waals surface area contributed by atoms with Crippen LogP contribution in [0, 0.1) is 0 Å². The van der Waals surface area contributed by atoms with Gasteiger partial charge in [-0.2, -0.15) is 0 Å². The summed E-state index contributed by atoms with van der Waals surface area (Å²) < 4.78 is 9.21. The Labute approximate surface area is 70.6 Å². The summed E-state index contributed by atoms with van der Waals surface area (Å²) in [5.41, 5.74) is 0. The maximum atomic E-state index is 10.3. The molecule has 0 saturated heterocycles. The van der Waals surface area contributed by atoms with Gasteiger partial charge in [-0.15, -0.1) is 0 Å². The standard InChI is InChI=1S/C3H7OSe.K/c1-2-3-5-4;/h2-3H2,1H3;/q+1;-1. The fraction of sp³-hybridized carbons (Fsp3) is 1.00. The molecule has 0 heterocycles. The van der Waals surface area contributed by atoms with Gasteiger partial charge in [0.25, 0.3) is 0 Å². The Balaban J connectivity index is 2.83. The summed E-state index contributed by atoms with van der Waals surface area (Å²) in [5.74, 6) is 0. The minimum absolute atomic E-state index is 0.642. The predicted octanol–water partition coefficient (Wildman–Crippen LogP) is 0.484. The van der Waals surface area contributed by atoms with Crippen LogP contribution in [-0.2, 0) is 3.83 Å². The second kappa shape index (κ2) is 5.10. The van der Waals surface area contributed by atoms with Crippen LogP contribution in [0.5, 0.6) is 0 Å². The van der Waals surface area contributed by atoms with E-state index in [0.29, 0.717) is 45.4 Å². The van der Waals surface area contributed by atoms with Crippen molar-refractivity contribution < 1.29 is 3.83 Å². The molecule has 1 unspecified atom stereocenters. The van der Waals surface area contributed by atoms with Crippen LogP contribution in [0.1, 0.15) is 13.3 Å². The van der Waals surface area contributed by atoms with E-state index in [-0.39, 0.29) is 0 Å². The number of rotatable bonds is 2. The van der Waals surface area contributed by atoms with Crippen molar-refractivity contribution >= 4 is 49.9 Å². The van der Waals surface area contributed by atoms with Gasteiger partial charge in [-0.05, 0) is 0 Å². The second-order valence-corrected chi connectivity index (χ2v) is 11.9. The SMILES string of the molecule is CCC[Se](=O)[K]. The van der Waals surface area contributed by atoms with Crippen LogP contribution in [0.15, 0.2) is 0 Å². The third-order valence-electron chi connectivity index (χ3n) is 0.492. The molecule has 0 aliphatic carbocycles. The quantitative estimate of drug-likeness (QED) is 0.561. The Morgan fingerprint density at radius 1 is 1.83 bits per heavy atom. The van der Waals surface area contributed by atoms with E-state index in [0.717, 1.165) is 11.7 Å². The molecule has 32 valence electrons. The topological polar surface area (TPSA) is 17.1 Å². The van der Waals surface area contributed by atoms with Crippen molar-refractivity contribution in [2.45, 2.75) is 18.7 Å². The molecule has 0 saturated carbocycles. The van der Waals surface area contributed by atoms with E-state index >= 15 is 0 Å². The zero-order valence-corrected chi connectivity index (χ0v) is 9.07. The Bertz CT molecular complexity index is 54.8. The van der Waals surface area contributed by atoms with Gasteiger partial charge in [-0.1, -0.05) is 0 Å². The van der Waals surface area contributed by atoms with Crippen molar-refractivity contribution in [1.29, 1.82) is 0 Å². The van der Waals surface area contributed by atoms with Gasteiger partial charge < -0.3 is 0 Å². The monoisotopic (exact) mass is 178 g/mol. The van der Waals surface area contributed by atoms with Crippen LogP contribution < -0.4 is 0 Å². The van der Waals surface area contributed by atoms with Gasteiger partial charge in [-0.25, -0.2) is 0 Å². The fourth-order valence-electron chi connectivity index (χ4n) is 0.287. The third-order valence-corrected chi connectivity index (χ3v) is 5.87. The van der Waals surface area contributed by atoms with Crippen molar-refractivity contribution in [1.82, 2.24) is 0 Å². The first kappa shape index (κ1) is 7.96. The normalized spacial score (nSPS) is 14.5. The van der Waals surface area contributed by atoms with Crippen LogP contribution in [-0.4, -0.2) is 49.9 Å². The predicted molar refractivity (Wildman–Crippen MR) is 27.3 cm³/mol. The Morgan fingerprint density at radius 2 is 2.33 bits per heavy atom. The van der Waals surface area contributed by atoms with Gasteiger partial charge in [0, 0.05) is 0 Å². The van der Waals surface area contributed by atoms with Gasteiger partial charge >= 0.3 is 72.4 Å². The van der Waals surface area contributed by atoms with Gasteiger partial charge in [0.2, 0.25) is 0 Å². The van der Waals surface area contributed by atoms with E-state index in [1.807, 2.05) is 0 Å². The molecular weight excluding hydrogens is 170 g/mol. The van der Waals surface area contributed by atoms with Crippen molar-refractivity contribution in [3.8, 4) is 0 Å². The first-order valence-electron chi connectivity index (χ1n) is 2.07. The molecule has 6 heavy (non-hydrogen) atoms. The second-order valence-electron chi connectivity index (χ2n) is 1.28. The van der Waals surface area contributed by atoms with E-state index in [2.05, 4.69) is 6.92 Å². The average molecular weight is 177 g/mol. The van der Waals surface area contributed by atoms with Crippen LogP contribution in [0.25, 0.3) is 0 Å². The number of hydrogen-bond donors (Lipinski definition) is 0. The van der Waals surface area contributed by atoms with Crippen LogP contribution in [0.3, 0.4) is 0 Å². The molecule has 0 radical (unpaired) electrons. The first-order chi connectivity index (χ1) is 2.77. The Hall–Kier alpha value is 1.96. The van der Waals surface area contributed by atoms with E-state index in [9.17, 15) is 3.83 Å². The molecule has 0 bridgehead atoms. The molecule has 0 aliphatic heterocycles. The van der Waals surface area contributed by atoms with Crippen molar-refractivity contribution in [3.63, 3.8) is 0 Å². The van der Waals surface area contributed by atoms with Gasteiger partial charge in [0.15, 0.2) is 0 Å². The molecule has 0 aromatic carbocycles. The molecule has 0 aromatic rings. The van der Waals surface area contributed by atoms with E-state index in [4.69, 9.17) is 0 Å². The first-order valence-corrected chi connectivity index (χ1v) is 12.3. The maximum absolute atomic E-state index is 10.3. The van der Waals surface area contributed by atoms with Crippen LogP contribution in [0.4, 0.5) is 0 Å². The molecule has 0 aliphatic rings. The van der Waals surface area contributed by atoms with Crippen molar-refractivity contribution in [3.05, 3.63) is 0 Å². The molecule has 0 spiro atoms. The van der Waals surface area contributed by atoms with E-state index in [1.165, 1.54) is 0 Å². The molecule has 3 heteroatoms. The third kappa shape index (κ3) is 5.96. The summed E-state index contributed by atoms with van der Waals surface area (Å²) in [6.45, 7) is 2.08. The molecule has 0 rings (SSSR count). The van der Waals surface area contributed by atoms with E-state index in [1.54, 1.807) is 0 Å². The molecule has 0 amide bonds. The Morgan fingerprint density at radius 3 is 2.33 bits per heavy atom. The van der Waals surface area contributed by atoms with Crippen molar-refractivity contribution in [2.24, 2.45) is 0 Å². The van der Waals surface area contributed by atoms with Gasteiger partial charge in [0.1, 0.15) is 0 Å². The van der Waals surface area contributed by atoms with E-state index < -0.39 is 4.48 Å². The summed E-state index contributed by atoms with van der Waals surface area (Å²) >= 11 is 0.642. The van der Waals surface area contributed by atoms with Gasteiger partial charge in [0.05, 0.1) is 0 Å². The molecule has 1 nitrogen and oxygen atoms in total. The van der Waals surface area contributed by atoms with Gasteiger partial charge in [-0.3, -0.25) is 0 Å². The summed E-state index contributed by atoms with van der Waals surface area (Å²) in [6.07, 6.45) is 1.12. The zero-order valence-electron chi connectivity index (χ0n) is 4.23. The molecule has 0 fully saturated rings. The summed E-state index contributed by atoms with van der Waals surface area (Å²) in [6, 6.07) is 0. The zero-order chi connectivity index (χ0) is 4.99. The molecule has 1 atom stereocenters. The van der Waals surface area contributed by atoms with Crippen LogP contribution in [0.2, 0.25) is 5.32 Å². The summed E-state index contributed by atoms with van der Waals surface area (Å²) in [7, 11) is 0.